The van der Waals surface area contributed by atoms with Gasteiger partial charge in [-0.15, -0.1) is 10.2 Å². The predicted molar refractivity (Wildman–Crippen MR) is 105 cm³/mol. The first-order chi connectivity index (χ1) is 13.1. The average molecular weight is 365 g/mol. The number of fused-ring (bicyclic) bond motifs is 1. The summed E-state index contributed by atoms with van der Waals surface area (Å²) in [7, 11) is 0. The molecule has 0 radical (unpaired) electrons. The second-order valence-electron chi connectivity index (χ2n) is 6.72. The summed E-state index contributed by atoms with van der Waals surface area (Å²) in [4.78, 5) is 12.0. The molecule has 0 fully saturated rings. The van der Waals surface area contributed by atoms with Crippen LogP contribution < -0.4 is 4.74 Å². The molecule has 3 aromatic rings. The molecule has 0 aliphatic heterocycles. The Kier molecular flexibility index (Phi) is 5.86. The number of ether oxygens (including phenoxy) is 1. The quantitative estimate of drug-likeness (QED) is 0.593. The molecule has 0 aliphatic carbocycles. The number of aromatic nitrogens is 1. The van der Waals surface area contributed by atoms with Crippen LogP contribution in [-0.4, -0.2) is 22.2 Å². The molecular weight excluding hydrogens is 342 g/mol. The molecule has 0 aliphatic rings. The van der Waals surface area contributed by atoms with Crippen molar-refractivity contribution in [1.82, 2.24) is 4.57 Å². The Morgan fingerprint density at radius 3 is 2.56 bits per heavy atom. The fourth-order valence-corrected chi connectivity index (χ4v) is 2.78. The van der Waals surface area contributed by atoms with E-state index in [1.165, 1.54) is 0 Å². The number of aryl methyl sites for hydroxylation is 1. The van der Waals surface area contributed by atoms with Crippen molar-refractivity contribution < 1.29 is 14.6 Å². The Labute approximate surface area is 158 Å². The van der Waals surface area contributed by atoms with Gasteiger partial charge in [0, 0.05) is 11.9 Å². The van der Waals surface area contributed by atoms with E-state index in [9.17, 15) is 9.90 Å². The molecule has 0 saturated carbocycles. The monoisotopic (exact) mass is 365 g/mol. The number of rotatable bonds is 7. The number of hydrogen-bond donors (Lipinski definition) is 1. The summed E-state index contributed by atoms with van der Waals surface area (Å²) in [5.41, 5.74) is 1.18. The fourth-order valence-electron chi connectivity index (χ4n) is 2.78. The van der Waals surface area contributed by atoms with E-state index in [1.807, 2.05) is 47.0 Å². The molecule has 1 heterocycles. The van der Waals surface area contributed by atoms with Gasteiger partial charge in [-0.2, -0.15) is 0 Å². The second-order valence-corrected chi connectivity index (χ2v) is 6.72. The highest BCUT2D eigenvalue weighted by Crippen LogP contribution is 2.39. The van der Waals surface area contributed by atoms with Crippen molar-refractivity contribution in [2.75, 3.05) is 6.61 Å². The topological polar surface area (TPSA) is 76.2 Å². The van der Waals surface area contributed by atoms with Crippen LogP contribution in [0.4, 0.5) is 5.69 Å². The molecule has 27 heavy (non-hydrogen) atoms. The van der Waals surface area contributed by atoms with Crippen LogP contribution in [0.2, 0.25) is 0 Å². The highest BCUT2D eigenvalue weighted by atomic mass is 16.5. The smallest absolute Gasteiger partial charge is 0.302 e. The molecule has 1 aromatic heterocycles. The lowest BCUT2D eigenvalue weighted by Gasteiger charge is -2.08. The predicted octanol–water partition coefficient (Wildman–Crippen LogP) is 5.08. The van der Waals surface area contributed by atoms with Crippen molar-refractivity contribution in [3.05, 3.63) is 54.6 Å². The first-order valence-electron chi connectivity index (χ1n) is 8.99. The first-order valence-corrected chi connectivity index (χ1v) is 8.99. The summed E-state index contributed by atoms with van der Waals surface area (Å²) in [6.45, 7) is 4.73. The normalized spacial score (nSPS) is 11.5. The Morgan fingerprint density at radius 2 is 1.81 bits per heavy atom. The van der Waals surface area contributed by atoms with Crippen LogP contribution in [0.15, 0.2) is 64.8 Å². The number of amides is 1. The third-order valence-electron chi connectivity index (χ3n) is 4.21. The largest absolute Gasteiger partial charge is 0.493 e. The highest BCUT2D eigenvalue weighted by Gasteiger charge is 2.16. The third-order valence-corrected chi connectivity index (χ3v) is 4.21. The number of hydrogen-bond acceptors (Lipinski definition) is 4. The summed E-state index contributed by atoms with van der Waals surface area (Å²) in [5.74, 6) is 0.608. The summed E-state index contributed by atoms with van der Waals surface area (Å²) in [6, 6.07) is 16.6. The van der Waals surface area contributed by atoms with E-state index in [2.05, 4.69) is 24.1 Å². The van der Waals surface area contributed by atoms with Crippen LogP contribution in [0.25, 0.3) is 10.9 Å². The van der Waals surface area contributed by atoms with E-state index >= 15 is 0 Å². The standard InChI is InChI=1S/C21H23N3O3/c1-15(2)12-13-24-18-11-7-6-10-17(18)20(21(24)26)23-22-19(25)14-27-16-8-4-3-5-9-16/h3-11,15,26H,12-14H2,1-2H3. The molecule has 1 amide bonds. The van der Waals surface area contributed by atoms with Gasteiger partial charge in [0.25, 0.3) is 0 Å². The molecule has 6 heteroatoms. The molecule has 0 saturated heterocycles. The van der Waals surface area contributed by atoms with Crippen LogP contribution in [0.5, 0.6) is 11.6 Å². The van der Waals surface area contributed by atoms with Gasteiger partial charge in [0.1, 0.15) is 5.75 Å². The van der Waals surface area contributed by atoms with E-state index < -0.39 is 5.91 Å². The van der Waals surface area contributed by atoms with Crippen molar-refractivity contribution in [1.29, 1.82) is 0 Å². The van der Waals surface area contributed by atoms with Gasteiger partial charge >= 0.3 is 5.91 Å². The van der Waals surface area contributed by atoms with Crippen LogP contribution in [0.1, 0.15) is 20.3 Å². The molecule has 0 atom stereocenters. The minimum absolute atomic E-state index is 0.0253. The van der Waals surface area contributed by atoms with Gasteiger partial charge in [0.05, 0.1) is 5.52 Å². The lowest BCUT2D eigenvalue weighted by Crippen LogP contribution is -2.07. The average Bonchev–Trinajstić information content (AvgIpc) is 2.94. The summed E-state index contributed by atoms with van der Waals surface area (Å²) in [6.07, 6.45) is 0.923. The molecule has 0 bridgehead atoms. The van der Waals surface area contributed by atoms with Gasteiger partial charge in [-0.05, 0) is 30.5 Å². The molecule has 0 spiro atoms. The number of azo groups is 1. The summed E-state index contributed by atoms with van der Waals surface area (Å²) in [5, 5.41) is 19.1. The van der Waals surface area contributed by atoms with Crippen molar-refractivity contribution in [3.63, 3.8) is 0 Å². The lowest BCUT2D eigenvalue weighted by molar-refractivity contribution is -0.120. The number of aromatic hydroxyl groups is 1. The van der Waals surface area contributed by atoms with E-state index in [1.54, 1.807) is 12.1 Å². The van der Waals surface area contributed by atoms with Gasteiger partial charge in [-0.3, -0.25) is 4.79 Å². The third kappa shape index (κ3) is 4.53. The minimum Gasteiger partial charge on any atom is -0.493 e. The van der Waals surface area contributed by atoms with Crippen LogP contribution >= 0.6 is 0 Å². The molecule has 6 nitrogen and oxygen atoms in total. The van der Waals surface area contributed by atoms with Crippen LogP contribution in [0.3, 0.4) is 0 Å². The zero-order valence-electron chi connectivity index (χ0n) is 15.5. The van der Waals surface area contributed by atoms with Gasteiger partial charge in [-0.25, -0.2) is 0 Å². The molecule has 1 N–H and O–H groups in total. The fraction of sp³-hybridized carbons (Fsp3) is 0.286. The van der Waals surface area contributed by atoms with Gasteiger partial charge in [0.15, 0.2) is 12.3 Å². The number of para-hydroxylation sites is 2. The summed E-state index contributed by atoms with van der Waals surface area (Å²) >= 11 is 0. The van der Waals surface area contributed by atoms with E-state index in [-0.39, 0.29) is 12.5 Å². The Morgan fingerprint density at radius 1 is 1.11 bits per heavy atom. The van der Waals surface area contributed by atoms with Crippen molar-refractivity contribution in [3.8, 4) is 11.6 Å². The van der Waals surface area contributed by atoms with Crippen molar-refractivity contribution in [2.24, 2.45) is 16.1 Å². The van der Waals surface area contributed by atoms with Crippen LogP contribution in [-0.2, 0) is 11.3 Å². The minimum atomic E-state index is -0.516. The number of benzene rings is 2. The maximum Gasteiger partial charge on any atom is 0.302 e. The molecule has 0 unspecified atom stereocenters. The Hall–Kier alpha value is -3.15. The number of carbonyl (C=O) groups excluding carboxylic acids is 1. The van der Waals surface area contributed by atoms with Crippen LogP contribution in [0, 0.1) is 5.92 Å². The van der Waals surface area contributed by atoms with E-state index in [0.717, 1.165) is 17.3 Å². The Balaban J connectivity index is 1.78. The van der Waals surface area contributed by atoms with E-state index in [4.69, 9.17) is 4.74 Å². The zero-order valence-corrected chi connectivity index (χ0v) is 15.5. The van der Waals surface area contributed by atoms with Crippen molar-refractivity contribution >= 4 is 22.5 Å². The highest BCUT2D eigenvalue weighted by molar-refractivity contribution is 5.95. The SMILES string of the molecule is CC(C)CCn1c(O)c(N=NC(=O)COc2ccccc2)c2ccccc21. The zero-order chi connectivity index (χ0) is 19.2. The molecular formula is C21H23N3O3. The summed E-state index contributed by atoms with van der Waals surface area (Å²) < 4.78 is 7.19. The molecule has 140 valence electrons. The van der Waals surface area contributed by atoms with E-state index in [0.29, 0.717) is 23.9 Å². The molecule has 2 aromatic carbocycles. The van der Waals surface area contributed by atoms with Gasteiger partial charge < -0.3 is 14.4 Å². The first kappa shape index (κ1) is 18.6. The number of carbonyl (C=O) groups is 1. The van der Waals surface area contributed by atoms with Crippen molar-refractivity contribution in [2.45, 2.75) is 26.8 Å². The van der Waals surface area contributed by atoms with Gasteiger partial charge in [0.2, 0.25) is 5.88 Å². The molecule has 3 rings (SSSR count). The second kappa shape index (κ2) is 8.49. The van der Waals surface area contributed by atoms with Gasteiger partial charge in [-0.1, -0.05) is 50.2 Å². The maximum atomic E-state index is 12.0. The lowest BCUT2D eigenvalue weighted by atomic mass is 10.1. The number of nitrogens with zero attached hydrogens (tertiary/aromatic N) is 3. The maximum absolute atomic E-state index is 12.0. The Bertz CT molecular complexity index is 946.